The summed E-state index contributed by atoms with van der Waals surface area (Å²) in [6, 6.07) is 7.23. The second-order valence-corrected chi connectivity index (χ2v) is 6.45. The summed E-state index contributed by atoms with van der Waals surface area (Å²) in [6.07, 6.45) is 2.80. The maximum Gasteiger partial charge on any atom is 0.256 e. The first kappa shape index (κ1) is 17.5. The van der Waals surface area contributed by atoms with Gasteiger partial charge in [0.1, 0.15) is 5.75 Å². The fraction of sp³-hybridized carbons (Fsp3) is 0.389. The van der Waals surface area contributed by atoms with Crippen molar-refractivity contribution in [3.63, 3.8) is 0 Å². The van der Waals surface area contributed by atoms with Crippen molar-refractivity contribution in [3.05, 3.63) is 57.2 Å². The van der Waals surface area contributed by atoms with Crippen molar-refractivity contribution < 1.29 is 9.53 Å². The van der Waals surface area contributed by atoms with Crippen LogP contribution in [0.4, 0.5) is 0 Å². The maximum absolute atomic E-state index is 12.6. The molecule has 0 saturated carbocycles. The fourth-order valence-corrected chi connectivity index (χ4v) is 3.05. The Balaban J connectivity index is 1.59. The molecule has 2 aromatic rings. The number of ether oxygens (including phenoxy) is 1. The van der Waals surface area contributed by atoms with Gasteiger partial charge in [-0.15, -0.1) is 0 Å². The van der Waals surface area contributed by atoms with Crippen LogP contribution >= 0.6 is 11.6 Å². The standard InChI is InChI=1S/C18H20ClN3O3/c1-13(23)21-8-6-16-17(11-21)20-12-22(18(16)24)7-3-9-25-15-5-2-4-14(19)10-15/h2,4-5,10,12H,3,6-9,11H2,1H3. The summed E-state index contributed by atoms with van der Waals surface area (Å²) in [7, 11) is 0. The van der Waals surface area contributed by atoms with Crippen molar-refractivity contribution >= 4 is 17.5 Å². The van der Waals surface area contributed by atoms with Crippen LogP contribution in [-0.2, 0) is 24.3 Å². The molecule has 1 aromatic heterocycles. The predicted octanol–water partition coefficient (Wildman–Crippen LogP) is 2.27. The predicted molar refractivity (Wildman–Crippen MR) is 94.9 cm³/mol. The number of aromatic nitrogens is 2. The molecule has 0 bridgehead atoms. The first-order valence-electron chi connectivity index (χ1n) is 8.25. The van der Waals surface area contributed by atoms with Crippen LogP contribution in [0.5, 0.6) is 5.75 Å². The molecule has 0 spiro atoms. The summed E-state index contributed by atoms with van der Waals surface area (Å²) in [5, 5.41) is 0.632. The van der Waals surface area contributed by atoms with Crippen molar-refractivity contribution in [1.29, 1.82) is 0 Å². The third-order valence-corrected chi connectivity index (χ3v) is 4.48. The average molecular weight is 362 g/mol. The zero-order valence-electron chi connectivity index (χ0n) is 14.1. The fourth-order valence-electron chi connectivity index (χ4n) is 2.87. The Kier molecular flexibility index (Phi) is 5.38. The Labute approximate surface area is 151 Å². The summed E-state index contributed by atoms with van der Waals surface area (Å²) in [4.78, 5) is 30.1. The van der Waals surface area contributed by atoms with E-state index in [1.165, 1.54) is 6.92 Å². The lowest BCUT2D eigenvalue weighted by molar-refractivity contribution is -0.129. The molecular formula is C18H20ClN3O3. The van der Waals surface area contributed by atoms with Gasteiger partial charge in [-0.2, -0.15) is 0 Å². The lowest BCUT2D eigenvalue weighted by atomic mass is 10.1. The molecule has 1 aliphatic rings. The highest BCUT2D eigenvalue weighted by Gasteiger charge is 2.22. The van der Waals surface area contributed by atoms with Gasteiger partial charge in [0.05, 0.1) is 25.2 Å². The van der Waals surface area contributed by atoms with Crippen molar-refractivity contribution in [3.8, 4) is 5.75 Å². The van der Waals surface area contributed by atoms with Gasteiger partial charge in [0, 0.05) is 30.6 Å². The Morgan fingerprint density at radius 3 is 3.00 bits per heavy atom. The van der Waals surface area contributed by atoms with Gasteiger partial charge in [-0.25, -0.2) is 4.98 Å². The highest BCUT2D eigenvalue weighted by Crippen LogP contribution is 2.17. The first-order chi connectivity index (χ1) is 12.0. The highest BCUT2D eigenvalue weighted by molar-refractivity contribution is 6.30. The second-order valence-electron chi connectivity index (χ2n) is 6.02. The lowest BCUT2D eigenvalue weighted by Gasteiger charge is -2.26. The van der Waals surface area contributed by atoms with E-state index < -0.39 is 0 Å². The topological polar surface area (TPSA) is 64.4 Å². The number of carbonyl (C=O) groups excluding carboxylic acids is 1. The molecule has 3 rings (SSSR count). The van der Waals surface area contributed by atoms with Crippen molar-refractivity contribution in [1.82, 2.24) is 14.5 Å². The summed E-state index contributed by atoms with van der Waals surface area (Å²) < 4.78 is 7.25. The van der Waals surface area contributed by atoms with Crippen LogP contribution in [-0.4, -0.2) is 33.5 Å². The van der Waals surface area contributed by atoms with Gasteiger partial charge in [0.25, 0.3) is 5.56 Å². The molecule has 0 fully saturated rings. The van der Waals surface area contributed by atoms with E-state index >= 15 is 0 Å². The molecular weight excluding hydrogens is 342 g/mol. The average Bonchev–Trinajstić information content (AvgIpc) is 2.60. The van der Waals surface area contributed by atoms with Crippen LogP contribution in [0.15, 0.2) is 35.4 Å². The van der Waals surface area contributed by atoms with E-state index in [0.717, 1.165) is 5.56 Å². The monoisotopic (exact) mass is 361 g/mol. The summed E-state index contributed by atoms with van der Waals surface area (Å²) >= 11 is 5.91. The van der Waals surface area contributed by atoms with Gasteiger partial charge in [0.15, 0.2) is 0 Å². The van der Waals surface area contributed by atoms with Crippen molar-refractivity contribution in [2.45, 2.75) is 32.9 Å². The van der Waals surface area contributed by atoms with Gasteiger partial charge in [-0.1, -0.05) is 17.7 Å². The number of nitrogens with zero attached hydrogens (tertiary/aromatic N) is 3. The minimum Gasteiger partial charge on any atom is -0.493 e. The van der Waals surface area contributed by atoms with Crippen LogP contribution in [0.2, 0.25) is 5.02 Å². The molecule has 0 radical (unpaired) electrons. The number of benzene rings is 1. The molecule has 2 heterocycles. The number of halogens is 1. The largest absolute Gasteiger partial charge is 0.493 e. The molecule has 0 aliphatic carbocycles. The molecule has 0 saturated heterocycles. The third-order valence-electron chi connectivity index (χ3n) is 4.25. The van der Waals surface area contributed by atoms with E-state index in [1.807, 2.05) is 12.1 Å². The zero-order valence-corrected chi connectivity index (χ0v) is 14.8. The van der Waals surface area contributed by atoms with Gasteiger partial charge >= 0.3 is 0 Å². The summed E-state index contributed by atoms with van der Waals surface area (Å²) in [5.41, 5.74) is 1.41. The summed E-state index contributed by atoms with van der Waals surface area (Å²) in [5.74, 6) is 0.725. The molecule has 0 unspecified atom stereocenters. The van der Waals surface area contributed by atoms with Gasteiger partial charge in [-0.3, -0.25) is 14.2 Å². The SMILES string of the molecule is CC(=O)N1CCc2c(ncn(CCCOc3cccc(Cl)c3)c2=O)C1. The van der Waals surface area contributed by atoms with Gasteiger partial charge in [-0.05, 0) is 31.0 Å². The number of hydrogen-bond donors (Lipinski definition) is 0. The smallest absolute Gasteiger partial charge is 0.256 e. The van der Waals surface area contributed by atoms with Crippen molar-refractivity contribution in [2.24, 2.45) is 0 Å². The molecule has 6 nitrogen and oxygen atoms in total. The molecule has 1 amide bonds. The molecule has 7 heteroatoms. The Bertz CT molecular complexity index is 835. The normalized spacial score (nSPS) is 13.4. The van der Waals surface area contributed by atoms with Crippen LogP contribution in [0.3, 0.4) is 0 Å². The lowest BCUT2D eigenvalue weighted by Crippen LogP contribution is -2.39. The van der Waals surface area contributed by atoms with E-state index in [9.17, 15) is 9.59 Å². The van der Waals surface area contributed by atoms with E-state index in [2.05, 4.69) is 4.98 Å². The van der Waals surface area contributed by atoms with Gasteiger partial charge in [0.2, 0.25) is 5.91 Å². The minimum absolute atomic E-state index is 0.00907. The summed E-state index contributed by atoms with van der Waals surface area (Å²) in [6.45, 7) is 3.55. The molecule has 0 N–H and O–H groups in total. The van der Waals surface area contributed by atoms with E-state index in [1.54, 1.807) is 27.9 Å². The first-order valence-corrected chi connectivity index (χ1v) is 8.63. The van der Waals surface area contributed by atoms with Crippen molar-refractivity contribution in [2.75, 3.05) is 13.2 Å². The molecule has 1 aromatic carbocycles. The number of rotatable bonds is 5. The number of hydrogen-bond acceptors (Lipinski definition) is 4. The Morgan fingerprint density at radius 1 is 1.40 bits per heavy atom. The number of aryl methyl sites for hydroxylation is 1. The van der Waals surface area contributed by atoms with E-state index in [0.29, 0.717) is 55.5 Å². The molecule has 132 valence electrons. The third kappa shape index (κ3) is 4.20. The molecule has 1 aliphatic heterocycles. The molecule has 0 atom stereocenters. The second kappa shape index (κ2) is 7.70. The number of fused-ring (bicyclic) bond motifs is 1. The van der Waals surface area contributed by atoms with Crippen LogP contribution in [0.25, 0.3) is 0 Å². The van der Waals surface area contributed by atoms with Crippen LogP contribution in [0.1, 0.15) is 24.6 Å². The van der Waals surface area contributed by atoms with Crippen LogP contribution in [0, 0.1) is 0 Å². The minimum atomic E-state index is -0.0176. The quantitative estimate of drug-likeness (QED) is 0.766. The zero-order chi connectivity index (χ0) is 17.8. The van der Waals surface area contributed by atoms with Gasteiger partial charge < -0.3 is 9.64 Å². The highest BCUT2D eigenvalue weighted by atomic mass is 35.5. The number of carbonyl (C=O) groups is 1. The van der Waals surface area contributed by atoms with E-state index in [4.69, 9.17) is 16.3 Å². The number of amides is 1. The Hall–Kier alpha value is -2.34. The maximum atomic E-state index is 12.6. The Morgan fingerprint density at radius 2 is 2.24 bits per heavy atom. The molecule has 25 heavy (non-hydrogen) atoms. The van der Waals surface area contributed by atoms with Crippen LogP contribution < -0.4 is 10.3 Å². The van der Waals surface area contributed by atoms with E-state index in [-0.39, 0.29) is 11.5 Å².